The molecule has 0 unspecified atom stereocenters. The molecule has 4 aromatic rings. The number of carbonyl (C=O) groups excluding carboxylic acids is 1. The van der Waals surface area contributed by atoms with Gasteiger partial charge in [0.05, 0.1) is 11.2 Å². The lowest BCUT2D eigenvalue weighted by Gasteiger charge is -2.21. The molecule has 0 bridgehead atoms. The van der Waals surface area contributed by atoms with E-state index in [-0.39, 0.29) is 11.8 Å². The fourth-order valence-corrected chi connectivity index (χ4v) is 3.87. The van der Waals surface area contributed by atoms with Crippen molar-refractivity contribution in [3.63, 3.8) is 0 Å². The predicted molar refractivity (Wildman–Crippen MR) is 110 cm³/mol. The number of aryl methyl sites for hydroxylation is 1. The van der Waals surface area contributed by atoms with Gasteiger partial charge in [0.1, 0.15) is 5.69 Å². The number of amides is 1. The summed E-state index contributed by atoms with van der Waals surface area (Å²) in [7, 11) is 0. The maximum absolute atomic E-state index is 12.5. The van der Waals surface area contributed by atoms with E-state index in [1.54, 1.807) is 0 Å². The Morgan fingerprint density at radius 2 is 1.96 bits per heavy atom. The van der Waals surface area contributed by atoms with Gasteiger partial charge in [-0.25, -0.2) is 0 Å². The minimum absolute atomic E-state index is 0.0187. The van der Waals surface area contributed by atoms with Gasteiger partial charge in [-0.2, -0.15) is 5.10 Å². The number of nitrogens with zero attached hydrogens (tertiary/aromatic N) is 1. The van der Waals surface area contributed by atoms with Gasteiger partial charge in [-0.3, -0.25) is 9.89 Å². The summed E-state index contributed by atoms with van der Waals surface area (Å²) in [5.41, 5.74) is 5.85. The molecule has 1 saturated heterocycles. The molecule has 0 spiro atoms. The van der Waals surface area contributed by atoms with Crippen molar-refractivity contribution < 1.29 is 9.53 Å². The van der Waals surface area contributed by atoms with Gasteiger partial charge in [0, 0.05) is 41.1 Å². The van der Waals surface area contributed by atoms with Gasteiger partial charge in [-0.1, -0.05) is 12.1 Å². The number of aromatic nitrogens is 3. The first-order chi connectivity index (χ1) is 13.7. The van der Waals surface area contributed by atoms with Crippen LogP contribution < -0.4 is 5.32 Å². The zero-order valence-corrected chi connectivity index (χ0v) is 15.7. The molecule has 5 rings (SSSR count). The Balaban J connectivity index is 1.48. The van der Waals surface area contributed by atoms with Crippen LogP contribution in [0.5, 0.6) is 0 Å². The molecule has 1 aliphatic heterocycles. The predicted octanol–water partition coefficient (Wildman–Crippen LogP) is 4.38. The van der Waals surface area contributed by atoms with Crippen LogP contribution in [-0.4, -0.2) is 34.3 Å². The maximum Gasteiger partial charge on any atom is 0.227 e. The fourth-order valence-electron chi connectivity index (χ4n) is 3.87. The van der Waals surface area contributed by atoms with E-state index in [1.807, 2.05) is 18.2 Å². The van der Waals surface area contributed by atoms with Crippen LogP contribution in [0.4, 0.5) is 5.69 Å². The second kappa shape index (κ2) is 6.80. The summed E-state index contributed by atoms with van der Waals surface area (Å²) in [5.74, 6) is 0.0824. The molecular weight excluding hydrogens is 352 g/mol. The highest BCUT2D eigenvalue weighted by Gasteiger charge is 2.22. The van der Waals surface area contributed by atoms with Crippen LogP contribution in [0.15, 0.2) is 42.5 Å². The Bertz CT molecular complexity index is 1170. The number of hydrogen-bond donors (Lipinski definition) is 3. The first-order valence-electron chi connectivity index (χ1n) is 9.64. The van der Waals surface area contributed by atoms with E-state index in [0.29, 0.717) is 13.2 Å². The third-order valence-corrected chi connectivity index (χ3v) is 5.46. The lowest BCUT2D eigenvalue weighted by Crippen LogP contribution is -2.28. The number of ether oxygens (including phenoxy) is 1. The van der Waals surface area contributed by atoms with Gasteiger partial charge in [0.2, 0.25) is 5.91 Å². The third kappa shape index (κ3) is 3.05. The highest BCUT2D eigenvalue weighted by Crippen LogP contribution is 2.31. The Labute approximate surface area is 162 Å². The van der Waals surface area contributed by atoms with Crippen LogP contribution >= 0.6 is 0 Å². The molecule has 2 aromatic carbocycles. The van der Waals surface area contributed by atoms with Crippen LogP contribution in [0.3, 0.4) is 0 Å². The molecule has 0 atom stereocenters. The third-order valence-electron chi connectivity index (χ3n) is 5.46. The van der Waals surface area contributed by atoms with Gasteiger partial charge in [-0.05, 0) is 55.7 Å². The van der Waals surface area contributed by atoms with Crippen LogP contribution in [0, 0.1) is 12.8 Å². The van der Waals surface area contributed by atoms with Crippen molar-refractivity contribution >= 4 is 33.4 Å². The number of rotatable bonds is 3. The number of aromatic amines is 2. The molecule has 3 N–H and O–H groups in total. The standard InChI is InChI=1S/C22H22N4O2/c1-13-2-3-15-11-20(24-19(15)10-13)21-17-12-16(4-5-18(17)25-26-21)23-22(27)14-6-8-28-9-7-14/h2-5,10-12,14,24H,6-9H2,1H3,(H,23,27)(H,25,26). The van der Waals surface area contributed by atoms with Gasteiger partial charge < -0.3 is 15.0 Å². The van der Waals surface area contributed by atoms with E-state index in [2.05, 4.69) is 51.7 Å². The van der Waals surface area contributed by atoms with E-state index < -0.39 is 0 Å². The van der Waals surface area contributed by atoms with Crippen LogP contribution in [-0.2, 0) is 9.53 Å². The molecule has 3 heterocycles. The quantitative estimate of drug-likeness (QED) is 0.497. The number of H-pyrrole nitrogens is 2. The number of anilines is 1. The molecule has 0 radical (unpaired) electrons. The highest BCUT2D eigenvalue weighted by atomic mass is 16.5. The fraction of sp³-hybridized carbons (Fsp3) is 0.273. The summed E-state index contributed by atoms with van der Waals surface area (Å²) >= 11 is 0. The molecule has 6 heteroatoms. The van der Waals surface area contributed by atoms with Crippen molar-refractivity contribution in [1.29, 1.82) is 0 Å². The van der Waals surface area contributed by atoms with E-state index in [4.69, 9.17) is 4.74 Å². The Kier molecular flexibility index (Phi) is 4.13. The van der Waals surface area contributed by atoms with Gasteiger partial charge in [0.25, 0.3) is 0 Å². The van der Waals surface area contributed by atoms with Crippen molar-refractivity contribution in [3.05, 3.63) is 48.0 Å². The van der Waals surface area contributed by atoms with Crippen molar-refractivity contribution in [1.82, 2.24) is 15.2 Å². The molecule has 0 saturated carbocycles. The summed E-state index contributed by atoms with van der Waals surface area (Å²) in [6, 6.07) is 14.3. The molecule has 1 amide bonds. The number of fused-ring (bicyclic) bond motifs is 2. The minimum Gasteiger partial charge on any atom is -0.381 e. The average Bonchev–Trinajstić information content (AvgIpc) is 3.31. The summed E-state index contributed by atoms with van der Waals surface area (Å²) in [6.45, 7) is 3.39. The van der Waals surface area contributed by atoms with Gasteiger partial charge in [0.15, 0.2) is 0 Å². The van der Waals surface area contributed by atoms with Crippen molar-refractivity contribution in [3.8, 4) is 11.4 Å². The lowest BCUT2D eigenvalue weighted by atomic mass is 9.99. The highest BCUT2D eigenvalue weighted by molar-refractivity contribution is 6.00. The van der Waals surface area contributed by atoms with Crippen LogP contribution in [0.1, 0.15) is 18.4 Å². The minimum atomic E-state index is 0.0187. The zero-order valence-electron chi connectivity index (χ0n) is 15.7. The van der Waals surface area contributed by atoms with Crippen LogP contribution in [0.2, 0.25) is 0 Å². The first-order valence-corrected chi connectivity index (χ1v) is 9.64. The number of nitrogens with one attached hydrogen (secondary N) is 3. The topological polar surface area (TPSA) is 82.8 Å². The largest absolute Gasteiger partial charge is 0.381 e. The monoisotopic (exact) mass is 374 g/mol. The zero-order chi connectivity index (χ0) is 19.1. The lowest BCUT2D eigenvalue weighted by molar-refractivity contribution is -0.122. The molecule has 0 aliphatic carbocycles. The second-order valence-electron chi connectivity index (χ2n) is 7.48. The molecule has 6 nitrogen and oxygen atoms in total. The second-order valence-corrected chi connectivity index (χ2v) is 7.48. The molecule has 2 aromatic heterocycles. The number of benzene rings is 2. The normalized spacial score (nSPS) is 15.3. The Hall–Kier alpha value is -3.12. The van der Waals surface area contributed by atoms with E-state index in [0.717, 1.165) is 51.7 Å². The Morgan fingerprint density at radius 3 is 2.82 bits per heavy atom. The molecule has 142 valence electrons. The summed E-state index contributed by atoms with van der Waals surface area (Å²) in [4.78, 5) is 16.0. The molecule has 28 heavy (non-hydrogen) atoms. The maximum atomic E-state index is 12.5. The van der Waals surface area contributed by atoms with Crippen molar-refractivity contribution in [2.45, 2.75) is 19.8 Å². The smallest absolute Gasteiger partial charge is 0.227 e. The van der Waals surface area contributed by atoms with E-state index in [1.165, 1.54) is 5.56 Å². The molecular formula is C22H22N4O2. The SMILES string of the molecule is Cc1ccc2cc(-c3n[nH]c4ccc(NC(=O)C5CCOCC5)cc34)[nH]c2c1. The summed E-state index contributed by atoms with van der Waals surface area (Å²) in [6.07, 6.45) is 1.55. The van der Waals surface area contributed by atoms with Crippen LogP contribution in [0.25, 0.3) is 33.2 Å². The molecule has 1 aliphatic rings. The molecule has 1 fully saturated rings. The first kappa shape index (κ1) is 17.0. The van der Waals surface area contributed by atoms with E-state index in [9.17, 15) is 4.79 Å². The van der Waals surface area contributed by atoms with E-state index >= 15 is 0 Å². The van der Waals surface area contributed by atoms with Gasteiger partial charge >= 0.3 is 0 Å². The average molecular weight is 374 g/mol. The number of carbonyl (C=O) groups is 1. The summed E-state index contributed by atoms with van der Waals surface area (Å²) < 4.78 is 5.35. The number of hydrogen-bond acceptors (Lipinski definition) is 3. The van der Waals surface area contributed by atoms with Crippen molar-refractivity contribution in [2.75, 3.05) is 18.5 Å². The Morgan fingerprint density at radius 1 is 1.11 bits per heavy atom. The van der Waals surface area contributed by atoms with Gasteiger partial charge in [-0.15, -0.1) is 0 Å². The summed E-state index contributed by atoms with van der Waals surface area (Å²) in [5, 5.41) is 12.8. The van der Waals surface area contributed by atoms with Crippen molar-refractivity contribution in [2.24, 2.45) is 5.92 Å².